The Bertz CT molecular complexity index is 565. The third-order valence-corrected chi connectivity index (χ3v) is 5.00. The first-order valence-electron chi connectivity index (χ1n) is 6.16. The maximum absolute atomic E-state index is 6.38. The van der Waals surface area contributed by atoms with Crippen LogP contribution in [0, 0.1) is 0 Å². The van der Waals surface area contributed by atoms with Gasteiger partial charge in [-0.1, -0.05) is 66.3 Å². The van der Waals surface area contributed by atoms with Crippen LogP contribution in [0.25, 0.3) is 0 Å². The molecule has 0 aromatic heterocycles. The summed E-state index contributed by atoms with van der Waals surface area (Å²) in [5.74, 6) is 0. The highest BCUT2D eigenvalue weighted by Crippen LogP contribution is 2.35. The second-order valence-electron chi connectivity index (χ2n) is 4.32. The zero-order chi connectivity index (χ0) is 14.7. The average molecular weight is 482 g/mol. The molecule has 5 heteroatoms. The molecule has 0 heterocycles. The molecule has 0 radical (unpaired) electrons. The average Bonchev–Trinajstić information content (AvgIpc) is 2.42. The summed E-state index contributed by atoms with van der Waals surface area (Å²) in [5, 5.41) is 4.25. The van der Waals surface area contributed by atoms with Gasteiger partial charge in [0.25, 0.3) is 0 Å². The molecule has 1 unspecified atom stereocenters. The molecule has 1 nitrogen and oxygen atoms in total. The molecule has 0 amide bonds. The monoisotopic (exact) mass is 479 g/mol. The van der Waals surface area contributed by atoms with E-state index in [-0.39, 0.29) is 6.04 Å². The number of hydrogen-bond acceptors (Lipinski definition) is 1. The molecule has 0 saturated heterocycles. The summed E-state index contributed by atoms with van der Waals surface area (Å²) >= 11 is 17.1. The number of rotatable bonds is 4. The van der Waals surface area contributed by atoms with Crippen molar-refractivity contribution >= 4 is 59.4 Å². The second-order valence-corrected chi connectivity index (χ2v) is 7.42. The Morgan fingerprint density at radius 2 is 1.60 bits per heavy atom. The maximum Gasteiger partial charge on any atom is 0.0603 e. The van der Waals surface area contributed by atoms with E-state index in [0.717, 1.165) is 36.1 Å². The van der Waals surface area contributed by atoms with Gasteiger partial charge < -0.3 is 5.32 Å². The van der Waals surface area contributed by atoms with E-state index in [1.807, 2.05) is 24.3 Å². The third kappa shape index (κ3) is 3.86. The van der Waals surface area contributed by atoms with E-state index in [1.165, 1.54) is 0 Å². The van der Waals surface area contributed by atoms with Gasteiger partial charge in [-0.05, 0) is 54.1 Å². The molecule has 20 heavy (non-hydrogen) atoms. The van der Waals surface area contributed by atoms with Gasteiger partial charge in [0.2, 0.25) is 0 Å². The minimum atomic E-state index is 0.0388. The summed E-state index contributed by atoms with van der Waals surface area (Å²) in [7, 11) is 0. The molecular formula is C15H13Br3ClN. The Balaban J connectivity index is 2.55. The standard InChI is InChI=1S/C15H13Br3ClN/c1-2-20-15(11-7-9(16)3-5-13(11)18)12-8-10(17)4-6-14(12)19/h3-8,15,20H,2H2,1H3. The molecule has 2 aromatic rings. The van der Waals surface area contributed by atoms with Gasteiger partial charge in [0, 0.05) is 18.4 Å². The molecule has 0 aliphatic heterocycles. The largest absolute Gasteiger partial charge is 0.306 e. The van der Waals surface area contributed by atoms with Gasteiger partial charge in [-0.3, -0.25) is 0 Å². The minimum absolute atomic E-state index is 0.0388. The van der Waals surface area contributed by atoms with Gasteiger partial charge in [0.15, 0.2) is 0 Å². The first kappa shape index (κ1) is 16.5. The highest BCUT2D eigenvalue weighted by molar-refractivity contribution is 9.11. The molecule has 0 fully saturated rings. The molecule has 1 N–H and O–H groups in total. The number of halogens is 4. The topological polar surface area (TPSA) is 12.0 Å². The fourth-order valence-electron chi connectivity index (χ4n) is 2.06. The zero-order valence-electron chi connectivity index (χ0n) is 10.8. The minimum Gasteiger partial charge on any atom is -0.306 e. The number of hydrogen-bond donors (Lipinski definition) is 1. The molecular weight excluding hydrogens is 469 g/mol. The van der Waals surface area contributed by atoms with Crippen molar-refractivity contribution < 1.29 is 0 Å². The van der Waals surface area contributed by atoms with Crippen LogP contribution in [-0.2, 0) is 0 Å². The smallest absolute Gasteiger partial charge is 0.0603 e. The molecule has 2 rings (SSSR count). The highest BCUT2D eigenvalue weighted by Gasteiger charge is 2.19. The van der Waals surface area contributed by atoms with Crippen molar-refractivity contribution in [2.24, 2.45) is 0 Å². The van der Waals surface area contributed by atoms with E-state index < -0.39 is 0 Å². The molecule has 0 spiro atoms. The van der Waals surface area contributed by atoms with Crippen LogP contribution in [0.5, 0.6) is 0 Å². The first-order chi connectivity index (χ1) is 9.52. The fourth-order valence-corrected chi connectivity index (χ4v) is 3.52. The second kappa shape index (κ2) is 7.41. The van der Waals surface area contributed by atoms with E-state index >= 15 is 0 Å². The van der Waals surface area contributed by atoms with Crippen LogP contribution in [0.1, 0.15) is 24.1 Å². The van der Waals surface area contributed by atoms with Gasteiger partial charge in [-0.25, -0.2) is 0 Å². The van der Waals surface area contributed by atoms with Crippen LogP contribution in [0.15, 0.2) is 49.8 Å². The summed E-state index contributed by atoms with van der Waals surface area (Å²) in [4.78, 5) is 0. The SMILES string of the molecule is CCNC(c1cc(Br)ccc1Cl)c1cc(Br)ccc1Br. The lowest BCUT2D eigenvalue weighted by molar-refractivity contribution is 0.628. The molecule has 0 aliphatic rings. The molecule has 106 valence electrons. The summed E-state index contributed by atoms with van der Waals surface area (Å²) < 4.78 is 3.12. The van der Waals surface area contributed by atoms with Crippen LogP contribution in [-0.4, -0.2) is 6.54 Å². The van der Waals surface area contributed by atoms with Crippen molar-refractivity contribution in [3.63, 3.8) is 0 Å². The van der Waals surface area contributed by atoms with Gasteiger partial charge in [0.05, 0.1) is 6.04 Å². The Kier molecular flexibility index (Phi) is 6.11. The Hall–Kier alpha value is 0.130. The molecule has 0 bridgehead atoms. The van der Waals surface area contributed by atoms with E-state index in [0.29, 0.717) is 0 Å². The predicted octanol–water partition coefficient (Wildman–Crippen LogP) is 6.33. The molecule has 0 aliphatic carbocycles. The van der Waals surface area contributed by atoms with Gasteiger partial charge >= 0.3 is 0 Å². The van der Waals surface area contributed by atoms with Crippen LogP contribution in [0.2, 0.25) is 5.02 Å². The van der Waals surface area contributed by atoms with Crippen LogP contribution in [0.4, 0.5) is 0 Å². The lowest BCUT2D eigenvalue weighted by Crippen LogP contribution is -2.22. The first-order valence-corrected chi connectivity index (χ1v) is 8.92. The van der Waals surface area contributed by atoms with E-state index in [2.05, 4.69) is 72.2 Å². The summed E-state index contributed by atoms with van der Waals surface area (Å²) in [6.07, 6.45) is 0. The van der Waals surface area contributed by atoms with Crippen molar-refractivity contribution in [2.45, 2.75) is 13.0 Å². The van der Waals surface area contributed by atoms with E-state index in [4.69, 9.17) is 11.6 Å². The summed E-state index contributed by atoms with van der Waals surface area (Å²) in [6, 6.07) is 12.1. The number of nitrogens with one attached hydrogen (secondary N) is 1. The van der Waals surface area contributed by atoms with Crippen LogP contribution < -0.4 is 5.32 Å². The normalized spacial score (nSPS) is 12.4. The third-order valence-electron chi connectivity index (χ3n) is 2.95. The quantitative estimate of drug-likeness (QED) is 0.538. The molecule has 0 saturated carbocycles. The van der Waals surface area contributed by atoms with Crippen molar-refractivity contribution in [3.05, 3.63) is 66.0 Å². The van der Waals surface area contributed by atoms with Crippen LogP contribution >= 0.6 is 59.4 Å². The molecule has 1 atom stereocenters. The van der Waals surface area contributed by atoms with Crippen molar-refractivity contribution in [1.29, 1.82) is 0 Å². The summed E-state index contributed by atoms with van der Waals surface area (Å²) in [5.41, 5.74) is 2.21. The fraction of sp³-hybridized carbons (Fsp3) is 0.200. The van der Waals surface area contributed by atoms with Crippen molar-refractivity contribution in [1.82, 2.24) is 5.32 Å². The zero-order valence-corrected chi connectivity index (χ0v) is 16.3. The van der Waals surface area contributed by atoms with Gasteiger partial charge in [-0.15, -0.1) is 0 Å². The Labute approximate surface area is 149 Å². The predicted molar refractivity (Wildman–Crippen MR) is 96.5 cm³/mol. The maximum atomic E-state index is 6.38. The lowest BCUT2D eigenvalue weighted by atomic mass is 9.98. The summed E-state index contributed by atoms with van der Waals surface area (Å²) in [6.45, 7) is 2.94. The number of benzene rings is 2. The van der Waals surface area contributed by atoms with Crippen molar-refractivity contribution in [3.8, 4) is 0 Å². The van der Waals surface area contributed by atoms with Gasteiger partial charge in [-0.2, -0.15) is 0 Å². The highest BCUT2D eigenvalue weighted by atomic mass is 79.9. The van der Waals surface area contributed by atoms with E-state index in [9.17, 15) is 0 Å². The van der Waals surface area contributed by atoms with E-state index in [1.54, 1.807) is 0 Å². The van der Waals surface area contributed by atoms with Gasteiger partial charge in [0.1, 0.15) is 0 Å². The lowest BCUT2D eigenvalue weighted by Gasteiger charge is -2.22. The Morgan fingerprint density at radius 3 is 2.25 bits per heavy atom. The van der Waals surface area contributed by atoms with Crippen molar-refractivity contribution in [2.75, 3.05) is 6.54 Å². The van der Waals surface area contributed by atoms with Crippen LogP contribution in [0.3, 0.4) is 0 Å². The molecule has 2 aromatic carbocycles. The Morgan fingerprint density at radius 1 is 1.00 bits per heavy atom.